The summed E-state index contributed by atoms with van der Waals surface area (Å²) < 4.78 is 5.68. The summed E-state index contributed by atoms with van der Waals surface area (Å²) in [5.74, 6) is 0.519. The van der Waals surface area contributed by atoms with Gasteiger partial charge in [-0.2, -0.15) is 0 Å². The van der Waals surface area contributed by atoms with Gasteiger partial charge in [-0.25, -0.2) is 0 Å². The smallest absolute Gasteiger partial charge is 0.219 e. The lowest BCUT2D eigenvalue weighted by Crippen LogP contribution is -2.43. The number of rotatable bonds is 4. The van der Waals surface area contributed by atoms with Crippen molar-refractivity contribution in [1.29, 1.82) is 0 Å². The number of nitrogens with zero attached hydrogens (tertiary/aromatic N) is 1. The molecule has 5 nitrogen and oxygen atoms in total. The van der Waals surface area contributed by atoms with Crippen LogP contribution in [0, 0.1) is 0 Å². The molecule has 2 rings (SSSR count). The summed E-state index contributed by atoms with van der Waals surface area (Å²) in [6.07, 6.45) is 1.18. The number of nitrogens with two attached hydrogens (primary N) is 2. The van der Waals surface area contributed by atoms with Crippen LogP contribution in [0.3, 0.4) is 0 Å². The zero-order valence-corrected chi connectivity index (χ0v) is 10.3. The molecular formula is C13H19N3O2. The molecule has 1 amide bonds. The minimum absolute atomic E-state index is 0.0645. The fourth-order valence-electron chi connectivity index (χ4n) is 2.29. The van der Waals surface area contributed by atoms with E-state index in [-0.39, 0.29) is 18.4 Å². The van der Waals surface area contributed by atoms with Crippen LogP contribution in [0.4, 0.5) is 5.69 Å². The Kier molecular flexibility index (Phi) is 4.04. The van der Waals surface area contributed by atoms with E-state index < -0.39 is 0 Å². The zero-order chi connectivity index (χ0) is 13.0. The summed E-state index contributed by atoms with van der Waals surface area (Å²) in [6.45, 7) is 1.91. The van der Waals surface area contributed by atoms with Gasteiger partial charge in [0.25, 0.3) is 0 Å². The van der Waals surface area contributed by atoms with Gasteiger partial charge in [0.05, 0.1) is 18.3 Å². The van der Waals surface area contributed by atoms with Crippen LogP contribution in [0.1, 0.15) is 12.8 Å². The average Bonchev–Trinajstić information content (AvgIpc) is 2.58. The summed E-state index contributed by atoms with van der Waals surface area (Å²) >= 11 is 0. The van der Waals surface area contributed by atoms with Gasteiger partial charge >= 0.3 is 0 Å². The molecular weight excluding hydrogens is 230 g/mol. The number of anilines is 1. The number of hydrogen-bond acceptors (Lipinski definition) is 4. The maximum Gasteiger partial charge on any atom is 0.219 e. The lowest BCUT2D eigenvalue weighted by Gasteiger charge is -2.31. The number of hydrogen-bond donors (Lipinski definition) is 2. The van der Waals surface area contributed by atoms with E-state index in [1.54, 1.807) is 0 Å². The maximum atomic E-state index is 11.1. The second-order valence-electron chi connectivity index (χ2n) is 4.42. The quantitative estimate of drug-likeness (QED) is 0.813. The molecule has 0 aromatic heterocycles. The third-order valence-corrected chi connectivity index (χ3v) is 3.13. The Morgan fingerprint density at radius 1 is 1.44 bits per heavy atom. The van der Waals surface area contributed by atoms with Crippen LogP contribution < -0.4 is 21.1 Å². The molecule has 1 aliphatic rings. The number of carbonyl (C=O) groups excluding carboxylic acids is 1. The molecule has 98 valence electrons. The van der Waals surface area contributed by atoms with Crippen LogP contribution in [0.15, 0.2) is 24.3 Å². The van der Waals surface area contributed by atoms with Crippen LogP contribution in [0.2, 0.25) is 0 Å². The first-order chi connectivity index (χ1) is 8.72. The molecule has 4 N–H and O–H groups in total. The highest BCUT2D eigenvalue weighted by Crippen LogP contribution is 2.32. The summed E-state index contributed by atoms with van der Waals surface area (Å²) in [6, 6.07) is 7.76. The Labute approximate surface area is 107 Å². The summed E-state index contributed by atoms with van der Waals surface area (Å²) in [7, 11) is 0. The number of amides is 1. The van der Waals surface area contributed by atoms with Crippen molar-refractivity contribution in [2.75, 3.05) is 24.6 Å². The van der Waals surface area contributed by atoms with Crippen molar-refractivity contribution in [3.05, 3.63) is 24.3 Å². The van der Waals surface area contributed by atoms with Gasteiger partial charge in [0.2, 0.25) is 5.91 Å². The second kappa shape index (κ2) is 5.73. The molecule has 1 aliphatic heterocycles. The fraction of sp³-hybridized carbons (Fsp3) is 0.462. The molecule has 1 aromatic rings. The predicted molar refractivity (Wildman–Crippen MR) is 70.6 cm³/mol. The van der Waals surface area contributed by atoms with Crippen LogP contribution in [-0.4, -0.2) is 31.6 Å². The molecule has 0 spiro atoms. The highest BCUT2D eigenvalue weighted by atomic mass is 16.5. The molecule has 1 aromatic carbocycles. The van der Waals surface area contributed by atoms with Crippen molar-refractivity contribution in [2.45, 2.75) is 18.9 Å². The predicted octanol–water partition coefficient (Wildman–Crippen LogP) is 0.478. The minimum Gasteiger partial charge on any atom is -0.491 e. The number of fused-ring (bicyclic) bond motifs is 1. The molecule has 1 atom stereocenters. The molecule has 0 bridgehead atoms. The number of para-hydroxylation sites is 2. The highest BCUT2D eigenvalue weighted by molar-refractivity contribution is 5.75. The third kappa shape index (κ3) is 2.73. The standard InChI is InChI=1S/C13H19N3O2/c14-9-10(8-13(15)17)16-6-3-7-18-12-5-2-1-4-11(12)16/h1-2,4-5,10H,3,6-9,14H2,(H2,15,17). The van der Waals surface area contributed by atoms with E-state index >= 15 is 0 Å². The number of primary amides is 1. The first-order valence-electron chi connectivity index (χ1n) is 6.19. The van der Waals surface area contributed by atoms with E-state index in [0.717, 1.165) is 24.4 Å². The van der Waals surface area contributed by atoms with Gasteiger partial charge in [0.1, 0.15) is 5.75 Å². The molecule has 0 radical (unpaired) electrons. The summed E-state index contributed by atoms with van der Waals surface area (Å²) in [5.41, 5.74) is 12.0. The molecule has 0 aliphatic carbocycles. The van der Waals surface area contributed by atoms with Crippen molar-refractivity contribution in [2.24, 2.45) is 11.5 Å². The van der Waals surface area contributed by atoms with E-state index in [9.17, 15) is 4.79 Å². The molecule has 18 heavy (non-hydrogen) atoms. The maximum absolute atomic E-state index is 11.1. The second-order valence-corrected chi connectivity index (χ2v) is 4.42. The highest BCUT2D eigenvalue weighted by Gasteiger charge is 2.23. The Morgan fingerprint density at radius 3 is 2.94 bits per heavy atom. The van der Waals surface area contributed by atoms with Gasteiger partial charge in [-0.3, -0.25) is 4.79 Å². The van der Waals surface area contributed by atoms with E-state index in [0.29, 0.717) is 13.2 Å². The monoisotopic (exact) mass is 249 g/mol. The van der Waals surface area contributed by atoms with Crippen LogP contribution in [-0.2, 0) is 4.79 Å². The molecule has 1 unspecified atom stereocenters. The van der Waals surface area contributed by atoms with Crippen molar-refractivity contribution in [3.63, 3.8) is 0 Å². The Morgan fingerprint density at radius 2 is 2.22 bits per heavy atom. The van der Waals surface area contributed by atoms with Crippen LogP contribution in [0.25, 0.3) is 0 Å². The van der Waals surface area contributed by atoms with Gasteiger partial charge < -0.3 is 21.1 Å². The lowest BCUT2D eigenvalue weighted by atomic mass is 10.1. The Hall–Kier alpha value is -1.75. The number of benzene rings is 1. The first-order valence-corrected chi connectivity index (χ1v) is 6.19. The van der Waals surface area contributed by atoms with Gasteiger partial charge in [0.15, 0.2) is 0 Å². The third-order valence-electron chi connectivity index (χ3n) is 3.13. The summed E-state index contributed by atoms with van der Waals surface area (Å²) in [4.78, 5) is 13.2. The molecule has 5 heteroatoms. The Bertz CT molecular complexity index is 422. The first kappa shape index (κ1) is 12.7. The van der Waals surface area contributed by atoms with Crippen LogP contribution >= 0.6 is 0 Å². The van der Waals surface area contributed by atoms with E-state index in [1.165, 1.54) is 0 Å². The average molecular weight is 249 g/mol. The molecule has 0 fully saturated rings. The normalized spacial score (nSPS) is 16.4. The van der Waals surface area contributed by atoms with Crippen molar-refractivity contribution in [1.82, 2.24) is 0 Å². The van der Waals surface area contributed by atoms with E-state index in [1.807, 2.05) is 24.3 Å². The van der Waals surface area contributed by atoms with Crippen molar-refractivity contribution >= 4 is 11.6 Å². The molecule has 0 saturated heterocycles. The van der Waals surface area contributed by atoms with Gasteiger partial charge in [0, 0.05) is 19.5 Å². The largest absolute Gasteiger partial charge is 0.491 e. The summed E-state index contributed by atoms with van der Waals surface area (Å²) in [5, 5.41) is 0. The van der Waals surface area contributed by atoms with Gasteiger partial charge in [-0.1, -0.05) is 12.1 Å². The van der Waals surface area contributed by atoms with Crippen molar-refractivity contribution < 1.29 is 9.53 Å². The van der Waals surface area contributed by atoms with Gasteiger partial charge in [-0.15, -0.1) is 0 Å². The topological polar surface area (TPSA) is 81.6 Å². The van der Waals surface area contributed by atoms with Crippen LogP contribution in [0.5, 0.6) is 5.75 Å². The number of ether oxygens (including phenoxy) is 1. The van der Waals surface area contributed by atoms with E-state index in [4.69, 9.17) is 16.2 Å². The lowest BCUT2D eigenvalue weighted by molar-refractivity contribution is -0.118. The molecule has 1 heterocycles. The minimum atomic E-state index is -0.326. The van der Waals surface area contributed by atoms with Gasteiger partial charge in [-0.05, 0) is 18.6 Å². The number of carbonyl (C=O) groups is 1. The van der Waals surface area contributed by atoms with Crippen molar-refractivity contribution in [3.8, 4) is 5.75 Å². The zero-order valence-electron chi connectivity index (χ0n) is 10.3. The fourth-order valence-corrected chi connectivity index (χ4v) is 2.29. The van der Waals surface area contributed by atoms with E-state index in [2.05, 4.69) is 4.90 Å². The Balaban J connectivity index is 2.28. The molecule has 0 saturated carbocycles. The SMILES string of the molecule is NCC(CC(N)=O)N1CCCOc2ccccc21.